The van der Waals surface area contributed by atoms with Gasteiger partial charge in [0, 0.05) is 18.8 Å². The van der Waals surface area contributed by atoms with Gasteiger partial charge in [-0.2, -0.15) is 0 Å². The second kappa shape index (κ2) is 10.4. The minimum atomic E-state index is -3.87. The molecule has 0 spiro atoms. The van der Waals surface area contributed by atoms with Crippen LogP contribution in [0.15, 0.2) is 108 Å². The van der Waals surface area contributed by atoms with Crippen LogP contribution in [0.3, 0.4) is 0 Å². The molecule has 6 nitrogen and oxygen atoms in total. The van der Waals surface area contributed by atoms with Crippen molar-refractivity contribution < 1.29 is 18.3 Å². The summed E-state index contributed by atoms with van der Waals surface area (Å²) in [6.07, 6.45) is 0. The smallest absolute Gasteiger partial charge is 0.337 e. The summed E-state index contributed by atoms with van der Waals surface area (Å²) in [5.41, 5.74) is 3.58. The van der Waals surface area contributed by atoms with Crippen LogP contribution in [-0.2, 0) is 23.1 Å². The van der Waals surface area contributed by atoms with E-state index in [1.54, 1.807) is 24.3 Å². The highest BCUT2D eigenvalue weighted by molar-refractivity contribution is 7.92. The maximum atomic E-state index is 12.9. The Labute approximate surface area is 205 Å². The molecule has 0 radical (unpaired) electrons. The molecule has 4 aromatic carbocycles. The molecule has 2 N–H and O–H groups in total. The van der Waals surface area contributed by atoms with Crippen LogP contribution < -0.4 is 9.62 Å². The van der Waals surface area contributed by atoms with E-state index in [0.717, 1.165) is 16.7 Å². The third kappa shape index (κ3) is 6.07. The second-order valence-electron chi connectivity index (χ2n) is 8.29. The normalized spacial score (nSPS) is 11.1. The maximum absolute atomic E-state index is 12.9. The van der Waals surface area contributed by atoms with Gasteiger partial charge in [-0.1, -0.05) is 72.8 Å². The van der Waals surface area contributed by atoms with E-state index in [4.69, 9.17) is 0 Å². The molecular weight excluding hydrogens is 460 g/mol. The molecule has 0 aliphatic heterocycles. The number of hydrogen-bond donors (Lipinski definition) is 2. The fourth-order valence-electron chi connectivity index (χ4n) is 3.88. The summed E-state index contributed by atoms with van der Waals surface area (Å²) < 4.78 is 28.2. The van der Waals surface area contributed by atoms with Crippen LogP contribution in [0.25, 0.3) is 0 Å². The Morgan fingerprint density at radius 2 is 1.40 bits per heavy atom. The van der Waals surface area contributed by atoms with Crippen molar-refractivity contribution in [3.63, 3.8) is 0 Å². The van der Waals surface area contributed by atoms with Crippen LogP contribution in [0.5, 0.6) is 0 Å². The van der Waals surface area contributed by atoms with Crippen LogP contribution in [0.1, 0.15) is 27.0 Å². The molecule has 0 aliphatic rings. The van der Waals surface area contributed by atoms with E-state index in [1.165, 1.54) is 12.1 Å². The molecule has 4 rings (SSSR count). The molecule has 0 saturated heterocycles. The summed E-state index contributed by atoms with van der Waals surface area (Å²) in [7, 11) is -3.87. The monoisotopic (exact) mass is 486 g/mol. The fourth-order valence-corrected chi connectivity index (χ4v) is 5.03. The largest absolute Gasteiger partial charge is 0.478 e. The van der Waals surface area contributed by atoms with E-state index < -0.39 is 16.0 Å². The molecule has 0 fully saturated rings. The van der Waals surface area contributed by atoms with Gasteiger partial charge in [-0.3, -0.25) is 4.72 Å². The van der Waals surface area contributed by atoms with Crippen molar-refractivity contribution >= 4 is 27.4 Å². The molecule has 0 aliphatic carbocycles. The average molecular weight is 487 g/mol. The van der Waals surface area contributed by atoms with Gasteiger partial charge in [0.2, 0.25) is 0 Å². The molecule has 0 amide bonds. The summed E-state index contributed by atoms with van der Waals surface area (Å²) >= 11 is 0. The molecule has 4 aromatic rings. The van der Waals surface area contributed by atoms with Crippen molar-refractivity contribution in [1.82, 2.24) is 0 Å². The fraction of sp³-hybridized carbons (Fsp3) is 0.107. The number of aromatic carboxylic acids is 1. The van der Waals surface area contributed by atoms with E-state index in [-0.39, 0.29) is 16.1 Å². The van der Waals surface area contributed by atoms with Crippen molar-refractivity contribution in [2.45, 2.75) is 24.9 Å². The zero-order chi connectivity index (χ0) is 24.8. The lowest BCUT2D eigenvalue weighted by Crippen LogP contribution is -2.24. The van der Waals surface area contributed by atoms with Crippen molar-refractivity contribution in [3.05, 3.63) is 125 Å². The van der Waals surface area contributed by atoms with Crippen LogP contribution in [-0.4, -0.2) is 19.5 Å². The van der Waals surface area contributed by atoms with Crippen LogP contribution in [0, 0.1) is 6.92 Å². The first-order valence-corrected chi connectivity index (χ1v) is 12.6. The average Bonchev–Trinajstić information content (AvgIpc) is 2.85. The summed E-state index contributed by atoms with van der Waals surface area (Å²) in [5, 5.41) is 10.0. The maximum Gasteiger partial charge on any atom is 0.337 e. The Morgan fingerprint density at radius 1 is 0.800 bits per heavy atom. The molecular formula is C28H26N2O4S. The van der Waals surface area contributed by atoms with Crippen molar-refractivity contribution in [2.75, 3.05) is 9.62 Å². The summed E-state index contributed by atoms with van der Waals surface area (Å²) in [6.45, 7) is 2.79. The summed E-state index contributed by atoms with van der Waals surface area (Å²) in [4.78, 5) is 14.4. The highest BCUT2D eigenvalue weighted by atomic mass is 32.2. The second-order valence-corrected chi connectivity index (χ2v) is 9.97. The SMILES string of the molecule is Cc1cccc(S(=O)(=O)Nc2ccc(N(Cc3ccccc3)Cc3ccccc3)c(C(=O)O)c2)c1. The van der Waals surface area contributed by atoms with Crippen molar-refractivity contribution in [2.24, 2.45) is 0 Å². The van der Waals surface area contributed by atoms with Crippen LogP contribution in [0.4, 0.5) is 11.4 Å². The number of anilines is 2. The minimum Gasteiger partial charge on any atom is -0.478 e. The third-order valence-corrected chi connectivity index (χ3v) is 6.93. The Hall–Kier alpha value is -4.10. The number of carbonyl (C=O) groups is 1. The van der Waals surface area contributed by atoms with Gasteiger partial charge in [0.05, 0.1) is 16.1 Å². The standard InChI is InChI=1S/C28H26N2O4S/c1-21-9-8-14-25(17-21)35(33,34)29-24-15-16-27(26(18-24)28(31)32)30(19-22-10-4-2-5-11-22)20-23-12-6-3-7-13-23/h2-18,29H,19-20H2,1H3,(H,31,32). The number of hydrogen-bond acceptors (Lipinski definition) is 4. The lowest BCUT2D eigenvalue weighted by molar-refractivity contribution is 0.0697. The van der Waals surface area contributed by atoms with Crippen LogP contribution in [0.2, 0.25) is 0 Å². The number of sulfonamides is 1. The molecule has 0 bridgehead atoms. The van der Waals surface area contributed by atoms with E-state index in [1.807, 2.05) is 78.6 Å². The van der Waals surface area contributed by atoms with E-state index in [9.17, 15) is 18.3 Å². The summed E-state index contributed by atoms with van der Waals surface area (Å²) in [6, 6.07) is 30.8. The van der Waals surface area contributed by atoms with Gasteiger partial charge in [0.15, 0.2) is 0 Å². The van der Waals surface area contributed by atoms with E-state index in [2.05, 4.69) is 4.72 Å². The first-order chi connectivity index (χ1) is 16.8. The Bertz CT molecular complexity index is 1380. The molecule has 0 aromatic heterocycles. The number of carboxylic acids is 1. The predicted molar refractivity (Wildman–Crippen MR) is 138 cm³/mol. The Balaban J connectivity index is 1.70. The molecule has 0 saturated carbocycles. The zero-order valence-corrected chi connectivity index (χ0v) is 20.1. The molecule has 35 heavy (non-hydrogen) atoms. The van der Waals surface area contributed by atoms with Gasteiger partial charge in [0.25, 0.3) is 10.0 Å². The Morgan fingerprint density at radius 3 is 1.94 bits per heavy atom. The molecule has 7 heteroatoms. The number of nitrogens with one attached hydrogen (secondary N) is 1. The minimum absolute atomic E-state index is 0.0151. The van der Waals surface area contributed by atoms with Gasteiger partial charge in [-0.15, -0.1) is 0 Å². The Kier molecular flexibility index (Phi) is 7.17. The van der Waals surface area contributed by atoms with Gasteiger partial charge in [-0.05, 0) is 53.9 Å². The number of nitrogens with zero attached hydrogens (tertiary/aromatic N) is 1. The van der Waals surface area contributed by atoms with Gasteiger partial charge >= 0.3 is 5.97 Å². The van der Waals surface area contributed by atoms with Crippen LogP contribution >= 0.6 is 0 Å². The van der Waals surface area contributed by atoms with Gasteiger partial charge in [-0.25, -0.2) is 13.2 Å². The number of rotatable bonds is 9. The molecule has 178 valence electrons. The van der Waals surface area contributed by atoms with E-state index >= 15 is 0 Å². The lowest BCUT2D eigenvalue weighted by atomic mass is 10.1. The van der Waals surface area contributed by atoms with Gasteiger partial charge in [0.1, 0.15) is 0 Å². The highest BCUT2D eigenvalue weighted by Gasteiger charge is 2.20. The topological polar surface area (TPSA) is 86.7 Å². The number of benzene rings is 4. The number of carboxylic acid groups (broad SMARTS) is 1. The van der Waals surface area contributed by atoms with E-state index in [0.29, 0.717) is 18.8 Å². The van der Waals surface area contributed by atoms with Gasteiger partial charge < -0.3 is 10.0 Å². The first-order valence-electron chi connectivity index (χ1n) is 11.1. The molecule has 0 heterocycles. The predicted octanol–water partition coefficient (Wildman–Crippen LogP) is 5.70. The quantitative estimate of drug-likeness (QED) is 0.317. The first kappa shape index (κ1) is 24.0. The number of aryl methyl sites for hydroxylation is 1. The van der Waals surface area contributed by atoms with Crippen molar-refractivity contribution in [1.29, 1.82) is 0 Å². The molecule has 0 unspecified atom stereocenters. The lowest BCUT2D eigenvalue weighted by Gasteiger charge is -2.27. The highest BCUT2D eigenvalue weighted by Crippen LogP contribution is 2.29. The molecule has 0 atom stereocenters. The third-order valence-electron chi connectivity index (χ3n) is 5.55. The summed E-state index contributed by atoms with van der Waals surface area (Å²) in [5.74, 6) is -1.14. The zero-order valence-electron chi connectivity index (χ0n) is 19.3. The van der Waals surface area contributed by atoms with Crippen molar-refractivity contribution in [3.8, 4) is 0 Å².